The summed E-state index contributed by atoms with van der Waals surface area (Å²) in [6.45, 7) is 1.48. The van der Waals surface area contributed by atoms with Crippen molar-refractivity contribution in [3.8, 4) is 11.9 Å². The van der Waals surface area contributed by atoms with E-state index in [1.165, 1.54) is 13.0 Å². The third-order valence-electron chi connectivity index (χ3n) is 1.28. The molecule has 0 saturated carbocycles. The fourth-order valence-corrected chi connectivity index (χ4v) is 0.874. The first-order chi connectivity index (χ1) is 6.40. The summed E-state index contributed by atoms with van der Waals surface area (Å²) < 4.78 is 38.9. The average molecular weight is 202 g/mol. The minimum absolute atomic E-state index is 0.0803. The van der Waals surface area contributed by atoms with Crippen molar-refractivity contribution in [2.75, 3.05) is 0 Å². The minimum Gasteiger partial charge on any atom is -0.388 e. The lowest BCUT2D eigenvalue weighted by molar-refractivity contribution is -0.276. The zero-order chi connectivity index (χ0) is 10.8. The predicted octanol–water partition coefficient (Wildman–Crippen LogP) is 2.16. The second-order valence-corrected chi connectivity index (χ2v) is 2.50. The molecule has 1 aromatic heterocycles. The van der Waals surface area contributed by atoms with Crippen LogP contribution >= 0.6 is 0 Å². The number of aromatic nitrogens is 1. The first-order valence-corrected chi connectivity index (χ1v) is 3.55. The Hall–Kier alpha value is -1.77. The molecule has 1 heterocycles. The lowest BCUT2D eigenvalue weighted by atomic mass is 10.2. The van der Waals surface area contributed by atoms with Gasteiger partial charge >= 0.3 is 6.36 Å². The average Bonchev–Trinajstić information content (AvgIpc) is 1.99. The van der Waals surface area contributed by atoms with Gasteiger partial charge in [-0.25, -0.2) is 4.98 Å². The summed E-state index contributed by atoms with van der Waals surface area (Å²) in [4.78, 5) is 3.47. The number of pyridine rings is 1. The third kappa shape index (κ3) is 2.94. The van der Waals surface area contributed by atoms with Crippen molar-refractivity contribution < 1.29 is 17.9 Å². The van der Waals surface area contributed by atoms with Crippen LogP contribution in [0.1, 0.15) is 11.3 Å². The van der Waals surface area contributed by atoms with Gasteiger partial charge in [0.2, 0.25) is 5.88 Å². The Labute approximate surface area is 77.7 Å². The summed E-state index contributed by atoms with van der Waals surface area (Å²) in [6, 6.07) is 4.00. The van der Waals surface area contributed by atoms with Crippen LogP contribution < -0.4 is 4.74 Å². The van der Waals surface area contributed by atoms with Gasteiger partial charge in [0.05, 0.1) is 11.6 Å². The second kappa shape index (κ2) is 3.54. The van der Waals surface area contributed by atoms with Crippen molar-refractivity contribution in [3.05, 3.63) is 23.4 Å². The highest BCUT2D eigenvalue weighted by molar-refractivity contribution is 5.34. The van der Waals surface area contributed by atoms with Gasteiger partial charge in [-0.05, 0) is 13.0 Å². The monoisotopic (exact) mass is 202 g/mol. The van der Waals surface area contributed by atoms with Crippen LogP contribution in [-0.4, -0.2) is 11.3 Å². The topological polar surface area (TPSA) is 45.9 Å². The Morgan fingerprint density at radius 2 is 2.07 bits per heavy atom. The van der Waals surface area contributed by atoms with Gasteiger partial charge in [-0.15, -0.1) is 13.2 Å². The predicted molar refractivity (Wildman–Crippen MR) is 40.4 cm³/mol. The van der Waals surface area contributed by atoms with E-state index in [9.17, 15) is 13.2 Å². The van der Waals surface area contributed by atoms with Crippen molar-refractivity contribution in [3.63, 3.8) is 0 Å². The SMILES string of the molecule is Cc1cc(C#N)cc(OC(F)(F)F)n1. The van der Waals surface area contributed by atoms with E-state index in [1.807, 2.05) is 0 Å². The maximum absolute atomic E-state index is 11.8. The van der Waals surface area contributed by atoms with Crippen LogP contribution in [0.15, 0.2) is 12.1 Å². The van der Waals surface area contributed by atoms with Crippen LogP contribution in [0.25, 0.3) is 0 Å². The smallest absolute Gasteiger partial charge is 0.388 e. The van der Waals surface area contributed by atoms with Gasteiger partial charge in [-0.2, -0.15) is 5.26 Å². The van der Waals surface area contributed by atoms with Crippen LogP contribution in [0.3, 0.4) is 0 Å². The van der Waals surface area contributed by atoms with Gasteiger partial charge in [0.15, 0.2) is 0 Å². The summed E-state index contributed by atoms with van der Waals surface area (Å²) in [5, 5.41) is 8.47. The zero-order valence-electron chi connectivity index (χ0n) is 7.09. The number of hydrogen-bond acceptors (Lipinski definition) is 3. The number of nitriles is 1. The van der Waals surface area contributed by atoms with E-state index < -0.39 is 12.2 Å². The molecule has 0 unspecified atom stereocenters. The van der Waals surface area contributed by atoms with E-state index in [-0.39, 0.29) is 5.56 Å². The van der Waals surface area contributed by atoms with Gasteiger partial charge in [0, 0.05) is 11.8 Å². The molecule has 0 atom stereocenters. The summed E-state index contributed by atoms with van der Waals surface area (Å²) in [7, 11) is 0. The Balaban J connectivity index is 3.00. The number of aryl methyl sites for hydroxylation is 1. The number of ether oxygens (including phenoxy) is 1. The molecule has 0 aliphatic carbocycles. The van der Waals surface area contributed by atoms with Crippen LogP contribution in [-0.2, 0) is 0 Å². The van der Waals surface area contributed by atoms with E-state index in [1.54, 1.807) is 6.07 Å². The van der Waals surface area contributed by atoms with E-state index in [0.29, 0.717) is 5.69 Å². The van der Waals surface area contributed by atoms with Crippen molar-refractivity contribution in [1.82, 2.24) is 4.98 Å². The quantitative estimate of drug-likeness (QED) is 0.700. The lowest BCUT2D eigenvalue weighted by Gasteiger charge is -2.08. The molecule has 0 saturated heterocycles. The van der Waals surface area contributed by atoms with E-state index in [4.69, 9.17) is 5.26 Å². The molecule has 74 valence electrons. The normalized spacial score (nSPS) is 10.8. The van der Waals surface area contributed by atoms with Gasteiger partial charge < -0.3 is 4.74 Å². The molecule has 0 fully saturated rings. The Morgan fingerprint density at radius 1 is 1.43 bits per heavy atom. The number of hydrogen-bond donors (Lipinski definition) is 0. The molecule has 0 aliphatic heterocycles. The van der Waals surface area contributed by atoms with Crippen LogP contribution in [0.2, 0.25) is 0 Å². The molecule has 0 spiro atoms. The van der Waals surface area contributed by atoms with Gasteiger partial charge in [0.25, 0.3) is 0 Å². The van der Waals surface area contributed by atoms with Gasteiger partial charge in [-0.3, -0.25) is 0 Å². The van der Waals surface area contributed by atoms with E-state index in [2.05, 4.69) is 9.72 Å². The van der Waals surface area contributed by atoms with Crippen molar-refractivity contribution >= 4 is 0 Å². The molecule has 14 heavy (non-hydrogen) atoms. The van der Waals surface area contributed by atoms with Crippen LogP contribution in [0.4, 0.5) is 13.2 Å². The molecular weight excluding hydrogens is 197 g/mol. The molecule has 0 aliphatic rings. The summed E-state index contributed by atoms with van der Waals surface area (Å²) >= 11 is 0. The molecule has 0 N–H and O–H groups in total. The number of rotatable bonds is 1. The standard InChI is InChI=1S/C8H5F3N2O/c1-5-2-6(4-12)3-7(13-5)14-8(9,10)11/h2-3H,1H3. The largest absolute Gasteiger partial charge is 0.574 e. The van der Waals surface area contributed by atoms with Gasteiger partial charge in [0.1, 0.15) is 0 Å². The number of halogens is 3. The van der Waals surface area contributed by atoms with Gasteiger partial charge in [-0.1, -0.05) is 0 Å². The van der Waals surface area contributed by atoms with E-state index >= 15 is 0 Å². The summed E-state index contributed by atoms with van der Waals surface area (Å²) in [5.41, 5.74) is 0.375. The maximum Gasteiger partial charge on any atom is 0.574 e. The molecule has 0 aromatic carbocycles. The number of alkyl halides is 3. The zero-order valence-corrected chi connectivity index (χ0v) is 7.09. The highest BCUT2D eigenvalue weighted by Gasteiger charge is 2.31. The summed E-state index contributed by atoms with van der Waals surface area (Å²) in [5.74, 6) is -0.617. The maximum atomic E-state index is 11.8. The highest BCUT2D eigenvalue weighted by Crippen LogP contribution is 2.21. The third-order valence-corrected chi connectivity index (χ3v) is 1.28. The Morgan fingerprint density at radius 3 is 2.57 bits per heavy atom. The first-order valence-electron chi connectivity index (χ1n) is 3.55. The van der Waals surface area contributed by atoms with Crippen molar-refractivity contribution in [2.45, 2.75) is 13.3 Å². The molecule has 6 heteroatoms. The molecule has 0 bridgehead atoms. The highest BCUT2D eigenvalue weighted by atomic mass is 19.4. The number of nitrogens with zero attached hydrogens (tertiary/aromatic N) is 2. The molecule has 0 amide bonds. The fraction of sp³-hybridized carbons (Fsp3) is 0.250. The second-order valence-electron chi connectivity index (χ2n) is 2.50. The van der Waals surface area contributed by atoms with E-state index in [0.717, 1.165) is 6.07 Å². The lowest BCUT2D eigenvalue weighted by Crippen LogP contribution is -2.18. The molecule has 1 rings (SSSR count). The van der Waals surface area contributed by atoms with Crippen molar-refractivity contribution in [1.29, 1.82) is 5.26 Å². The fourth-order valence-electron chi connectivity index (χ4n) is 0.874. The summed E-state index contributed by atoms with van der Waals surface area (Å²) in [6.07, 6.45) is -4.78. The van der Waals surface area contributed by atoms with Crippen LogP contribution in [0.5, 0.6) is 5.88 Å². The molecule has 3 nitrogen and oxygen atoms in total. The van der Waals surface area contributed by atoms with Crippen LogP contribution in [0, 0.1) is 18.3 Å². The Kier molecular flexibility index (Phi) is 2.60. The Bertz CT molecular complexity index is 381. The first kappa shape index (κ1) is 10.3. The van der Waals surface area contributed by atoms with Crippen molar-refractivity contribution in [2.24, 2.45) is 0 Å². The minimum atomic E-state index is -4.78. The molecule has 1 aromatic rings. The molecular formula is C8H5F3N2O. The molecule has 0 radical (unpaired) electrons.